The molecule has 2 rings (SSSR count). The summed E-state index contributed by atoms with van der Waals surface area (Å²) >= 11 is 0. The van der Waals surface area contributed by atoms with Crippen LogP contribution in [0.3, 0.4) is 0 Å². The second-order valence-electron chi connectivity index (χ2n) is 3.31. The largest absolute Gasteiger partial charge is 0.493 e. The molecule has 0 unspecified atom stereocenters. The maximum atomic E-state index is 5.55. The summed E-state index contributed by atoms with van der Waals surface area (Å²) < 4.78 is 5.55. The Morgan fingerprint density at radius 1 is 0.933 bits per heavy atom. The van der Waals surface area contributed by atoms with E-state index in [2.05, 4.69) is 18.2 Å². The summed E-state index contributed by atoms with van der Waals surface area (Å²) in [4.78, 5) is 0. The summed E-state index contributed by atoms with van der Waals surface area (Å²) in [5.74, 6) is 0.813. The highest BCUT2D eigenvalue weighted by atomic mass is 16.5. The molecule has 1 radical (unpaired) electrons. The van der Waals surface area contributed by atoms with Crippen LogP contribution < -0.4 is 4.74 Å². The molecule has 15 heavy (non-hydrogen) atoms. The Hall–Kier alpha value is -1.76. The number of benzene rings is 2. The molecular formula is C14H13O. The smallest absolute Gasteiger partial charge is 0.127 e. The number of ether oxygens (including phenoxy) is 1. The Bertz CT molecular complexity index is 341. The van der Waals surface area contributed by atoms with E-state index in [0.717, 1.165) is 12.2 Å². The fourth-order valence-corrected chi connectivity index (χ4v) is 1.39. The van der Waals surface area contributed by atoms with Gasteiger partial charge in [0, 0.05) is 12.5 Å². The molecule has 0 atom stereocenters. The minimum Gasteiger partial charge on any atom is -0.493 e. The normalized spacial score (nSPS) is 9.87. The van der Waals surface area contributed by atoms with Crippen LogP contribution in [0.25, 0.3) is 0 Å². The molecule has 0 aliphatic rings. The number of para-hydroxylation sites is 1. The van der Waals surface area contributed by atoms with E-state index in [9.17, 15) is 0 Å². The molecule has 0 fully saturated rings. The van der Waals surface area contributed by atoms with Crippen molar-refractivity contribution in [3.63, 3.8) is 0 Å². The standard InChI is InChI=1S/C14H13O/c1-3-7-13(8-4-1)11-12-15-14-9-5-2-6-10-14/h1-9H,11-12H2. The van der Waals surface area contributed by atoms with Gasteiger partial charge in [-0.2, -0.15) is 0 Å². The van der Waals surface area contributed by atoms with Crippen molar-refractivity contribution < 1.29 is 4.74 Å². The fourth-order valence-electron chi connectivity index (χ4n) is 1.39. The van der Waals surface area contributed by atoms with Gasteiger partial charge in [-0.15, -0.1) is 0 Å². The predicted molar refractivity (Wildman–Crippen MR) is 60.9 cm³/mol. The molecule has 2 aromatic carbocycles. The molecule has 0 spiro atoms. The molecule has 1 heteroatoms. The summed E-state index contributed by atoms with van der Waals surface area (Å²) in [6, 6.07) is 21.0. The molecule has 0 N–H and O–H groups in total. The average Bonchev–Trinajstić information content (AvgIpc) is 2.32. The van der Waals surface area contributed by atoms with Gasteiger partial charge < -0.3 is 4.74 Å². The van der Waals surface area contributed by atoms with E-state index in [4.69, 9.17) is 4.74 Å². The Labute approximate surface area is 90.3 Å². The van der Waals surface area contributed by atoms with Gasteiger partial charge in [0.1, 0.15) is 5.75 Å². The molecule has 0 bridgehead atoms. The van der Waals surface area contributed by atoms with Crippen LogP contribution in [0.15, 0.2) is 54.6 Å². The lowest BCUT2D eigenvalue weighted by molar-refractivity contribution is 0.321. The van der Waals surface area contributed by atoms with Crippen LogP contribution in [-0.4, -0.2) is 6.61 Å². The van der Waals surface area contributed by atoms with Crippen LogP contribution in [0, 0.1) is 6.07 Å². The molecule has 0 aromatic heterocycles. The van der Waals surface area contributed by atoms with E-state index in [1.165, 1.54) is 5.56 Å². The second kappa shape index (κ2) is 5.20. The Morgan fingerprint density at radius 2 is 1.73 bits per heavy atom. The third kappa shape index (κ3) is 3.13. The molecule has 0 saturated heterocycles. The molecule has 0 amide bonds. The van der Waals surface area contributed by atoms with Crippen molar-refractivity contribution in [2.24, 2.45) is 0 Å². The van der Waals surface area contributed by atoms with E-state index < -0.39 is 0 Å². The van der Waals surface area contributed by atoms with Gasteiger partial charge in [0.2, 0.25) is 0 Å². The van der Waals surface area contributed by atoms with Crippen molar-refractivity contribution in [1.29, 1.82) is 0 Å². The first-order valence-corrected chi connectivity index (χ1v) is 5.08. The third-order valence-electron chi connectivity index (χ3n) is 2.17. The quantitative estimate of drug-likeness (QED) is 0.731. The minimum absolute atomic E-state index is 0.699. The summed E-state index contributed by atoms with van der Waals surface area (Å²) in [5, 5.41) is 0. The molecule has 0 aliphatic heterocycles. The third-order valence-corrected chi connectivity index (χ3v) is 2.17. The molecule has 0 heterocycles. The van der Waals surface area contributed by atoms with Crippen LogP contribution >= 0.6 is 0 Å². The maximum absolute atomic E-state index is 5.55. The first-order chi connectivity index (χ1) is 7.45. The molecule has 0 saturated carbocycles. The average molecular weight is 197 g/mol. The Morgan fingerprint density at radius 3 is 2.47 bits per heavy atom. The highest BCUT2D eigenvalue weighted by molar-refractivity contribution is 5.20. The monoisotopic (exact) mass is 197 g/mol. The van der Waals surface area contributed by atoms with Gasteiger partial charge in [-0.3, -0.25) is 0 Å². The van der Waals surface area contributed by atoms with Crippen LogP contribution in [0.4, 0.5) is 0 Å². The SMILES string of the molecule is [c]1ccccc1OCCc1ccccc1. The lowest BCUT2D eigenvalue weighted by atomic mass is 10.2. The maximum Gasteiger partial charge on any atom is 0.127 e. The van der Waals surface area contributed by atoms with E-state index in [1.807, 2.05) is 42.5 Å². The zero-order valence-electron chi connectivity index (χ0n) is 8.52. The number of rotatable bonds is 4. The van der Waals surface area contributed by atoms with Gasteiger partial charge >= 0.3 is 0 Å². The van der Waals surface area contributed by atoms with Crippen LogP contribution in [0.5, 0.6) is 5.75 Å². The van der Waals surface area contributed by atoms with Crippen molar-refractivity contribution in [3.05, 3.63) is 66.2 Å². The first-order valence-electron chi connectivity index (χ1n) is 5.08. The molecule has 2 aromatic rings. The summed E-state index contributed by atoms with van der Waals surface area (Å²) in [6.45, 7) is 0.699. The predicted octanol–water partition coefficient (Wildman–Crippen LogP) is 3.11. The number of hydrogen-bond donors (Lipinski definition) is 0. The highest BCUT2D eigenvalue weighted by Crippen LogP contribution is 2.08. The van der Waals surface area contributed by atoms with Crippen molar-refractivity contribution in [3.8, 4) is 5.75 Å². The van der Waals surface area contributed by atoms with Crippen molar-refractivity contribution >= 4 is 0 Å². The summed E-state index contributed by atoms with van der Waals surface area (Å²) in [5.41, 5.74) is 1.30. The van der Waals surface area contributed by atoms with Gasteiger partial charge in [-0.25, -0.2) is 0 Å². The Kier molecular flexibility index (Phi) is 3.39. The zero-order valence-corrected chi connectivity index (χ0v) is 8.52. The second-order valence-corrected chi connectivity index (χ2v) is 3.31. The Balaban J connectivity index is 1.81. The van der Waals surface area contributed by atoms with Crippen LogP contribution in [-0.2, 0) is 6.42 Å². The van der Waals surface area contributed by atoms with E-state index in [0.29, 0.717) is 6.61 Å². The fraction of sp³-hybridized carbons (Fsp3) is 0.143. The van der Waals surface area contributed by atoms with E-state index in [-0.39, 0.29) is 0 Å². The van der Waals surface area contributed by atoms with Crippen molar-refractivity contribution in [2.45, 2.75) is 6.42 Å². The van der Waals surface area contributed by atoms with Gasteiger partial charge in [0.05, 0.1) is 6.61 Å². The first kappa shape index (κ1) is 9.78. The molecule has 0 aliphatic carbocycles. The van der Waals surface area contributed by atoms with Gasteiger partial charge in [0.15, 0.2) is 0 Å². The summed E-state index contributed by atoms with van der Waals surface area (Å²) in [7, 11) is 0. The number of hydrogen-bond acceptors (Lipinski definition) is 1. The lowest BCUT2D eigenvalue weighted by Crippen LogP contribution is -2.00. The van der Waals surface area contributed by atoms with Gasteiger partial charge in [-0.1, -0.05) is 48.5 Å². The van der Waals surface area contributed by atoms with Crippen LogP contribution in [0.2, 0.25) is 0 Å². The minimum atomic E-state index is 0.699. The highest BCUT2D eigenvalue weighted by Gasteiger charge is 1.93. The van der Waals surface area contributed by atoms with E-state index in [1.54, 1.807) is 0 Å². The van der Waals surface area contributed by atoms with E-state index >= 15 is 0 Å². The summed E-state index contributed by atoms with van der Waals surface area (Å²) in [6.07, 6.45) is 0.934. The van der Waals surface area contributed by atoms with Gasteiger partial charge in [0.25, 0.3) is 0 Å². The molecule has 1 nitrogen and oxygen atoms in total. The lowest BCUT2D eigenvalue weighted by Gasteiger charge is -2.05. The zero-order chi connectivity index (χ0) is 10.3. The molecule has 75 valence electrons. The van der Waals surface area contributed by atoms with Crippen molar-refractivity contribution in [2.75, 3.05) is 6.61 Å². The van der Waals surface area contributed by atoms with Crippen LogP contribution in [0.1, 0.15) is 5.56 Å². The van der Waals surface area contributed by atoms with Gasteiger partial charge in [-0.05, 0) is 11.6 Å². The topological polar surface area (TPSA) is 9.23 Å². The van der Waals surface area contributed by atoms with Crippen molar-refractivity contribution in [1.82, 2.24) is 0 Å². The molecular weight excluding hydrogens is 184 g/mol.